The van der Waals surface area contributed by atoms with Crippen LogP contribution in [0.5, 0.6) is 17.2 Å². The SMILES string of the molecule is O=C(NC1=CN(Cc2ccccc2)C=CC=C1OC(=O)c1cc(OCc2ccccc2)cc(OCc2ccccc2)c1C(=O)c1cccnc1C(=O)OC(=O)c1ccccc1)c1ccc(OCc2ccccc2)cc1. The van der Waals surface area contributed by atoms with Crippen LogP contribution in [0.4, 0.5) is 0 Å². The van der Waals surface area contributed by atoms with Crippen LogP contribution in [0.3, 0.4) is 0 Å². The van der Waals surface area contributed by atoms with E-state index in [4.69, 9.17) is 23.7 Å². The van der Waals surface area contributed by atoms with Gasteiger partial charge in [-0.1, -0.05) is 140 Å². The van der Waals surface area contributed by atoms with Crippen molar-refractivity contribution in [3.8, 4) is 17.2 Å². The summed E-state index contributed by atoms with van der Waals surface area (Å²) < 4.78 is 30.1. The Morgan fingerprint density at radius 3 is 1.68 bits per heavy atom. The van der Waals surface area contributed by atoms with Crippen molar-refractivity contribution in [1.29, 1.82) is 0 Å². The lowest BCUT2D eigenvalue weighted by atomic mass is 9.95. The molecule has 9 rings (SSSR count). The third kappa shape index (κ3) is 13.2. The molecule has 0 bridgehead atoms. The summed E-state index contributed by atoms with van der Waals surface area (Å²) in [5.41, 5.74) is 2.52. The van der Waals surface area contributed by atoms with Gasteiger partial charge in [-0.05, 0) is 89.0 Å². The molecule has 1 aliphatic rings. The number of ether oxygens (including phenoxy) is 5. The second kappa shape index (κ2) is 24.3. The fourth-order valence-corrected chi connectivity index (χ4v) is 7.78. The first-order valence-electron chi connectivity index (χ1n) is 23.8. The first-order valence-corrected chi connectivity index (χ1v) is 23.8. The number of aromatic nitrogens is 1. The van der Waals surface area contributed by atoms with E-state index in [1.807, 2.05) is 126 Å². The minimum absolute atomic E-state index is 0.0580. The van der Waals surface area contributed by atoms with Crippen molar-refractivity contribution in [3.63, 3.8) is 0 Å². The van der Waals surface area contributed by atoms with Gasteiger partial charge in [-0.3, -0.25) is 9.59 Å². The number of nitrogens with zero attached hydrogens (tertiary/aromatic N) is 2. The number of benzene rings is 7. The number of esters is 3. The molecule has 0 unspecified atom stereocenters. The Morgan fingerprint density at radius 1 is 0.507 bits per heavy atom. The van der Waals surface area contributed by atoms with E-state index < -0.39 is 35.3 Å². The molecule has 2 heterocycles. The van der Waals surface area contributed by atoms with Crippen LogP contribution >= 0.6 is 0 Å². The summed E-state index contributed by atoms with van der Waals surface area (Å²) in [6, 6.07) is 57.9. The minimum atomic E-state index is -1.21. The zero-order valence-electron chi connectivity index (χ0n) is 40.2. The summed E-state index contributed by atoms with van der Waals surface area (Å²) >= 11 is 0. The zero-order valence-corrected chi connectivity index (χ0v) is 40.2. The minimum Gasteiger partial charge on any atom is -0.489 e. The molecule has 0 saturated heterocycles. The van der Waals surface area contributed by atoms with Crippen LogP contribution in [0.2, 0.25) is 0 Å². The Balaban J connectivity index is 1.08. The third-order valence-electron chi connectivity index (χ3n) is 11.6. The normalized spacial score (nSPS) is 11.8. The fourth-order valence-electron chi connectivity index (χ4n) is 7.78. The smallest absolute Gasteiger partial charge is 0.365 e. The number of rotatable bonds is 19. The summed E-state index contributed by atoms with van der Waals surface area (Å²) in [7, 11) is 0. The van der Waals surface area contributed by atoms with Gasteiger partial charge in [0.05, 0.1) is 22.3 Å². The number of carbonyl (C=O) groups is 5. The summed E-state index contributed by atoms with van der Waals surface area (Å²) in [6.07, 6.45) is 7.83. The molecule has 1 aliphatic heterocycles. The van der Waals surface area contributed by atoms with Gasteiger partial charge in [-0.2, -0.15) is 0 Å². The van der Waals surface area contributed by atoms with Gasteiger partial charge in [0.25, 0.3) is 5.91 Å². The second-order valence-electron chi connectivity index (χ2n) is 16.9. The fraction of sp³-hybridized carbons (Fsp3) is 0.0645. The highest BCUT2D eigenvalue weighted by Gasteiger charge is 2.32. The van der Waals surface area contributed by atoms with Gasteiger partial charge in [-0.25, -0.2) is 19.4 Å². The molecule has 13 heteroatoms. The second-order valence-corrected chi connectivity index (χ2v) is 16.9. The van der Waals surface area contributed by atoms with Gasteiger partial charge >= 0.3 is 17.9 Å². The van der Waals surface area contributed by atoms with Crippen LogP contribution in [0.1, 0.15) is 79.7 Å². The Hall–Kier alpha value is -10.1. The van der Waals surface area contributed by atoms with Crippen molar-refractivity contribution in [2.24, 2.45) is 0 Å². The molecule has 0 fully saturated rings. The summed E-state index contributed by atoms with van der Waals surface area (Å²) in [5, 5.41) is 2.94. The predicted molar refractivity (Wildman–Crippen MR) is 279 cm³/mol. The highest BCUT2D eigenvalue weighted by atomic mass is 16.6. The average Bonchev–Trinajstić information content (AvgIpc) is 3.64. The van der Waals surface area contributed by atoms with Crippen molar-refractivity contribution in [3.05, 3.63) is 298 Å². The van der Waals surface area contributed by atoms with Crippen LogP contribution < -0.4 is 19.5 Å². The predicted octanol–water partition coefficient (Wildman–Crippen LogP) is 11.4. The van der Waals surface area contributed by atoms with Crippen LogP contribution in [0, 0.1) is 0 Å². The molecule has 0 radical (unpaired) electrons. The first kappa shape index (κ1) is 49.8. The number of pyridine rings is 1. The lowest BCUT2D eigenvalue weighted by Crippen LogP contribution is -2.27. The van der Waals surface area contributed by atoms with Gasteiger partial charge in [0.2, 0.25) is 0 Å². The average molecular weight is 994 g/mol. The van der Waals surface area contributed by atoms with E-state index >= 15 is 9.59 Å². The maximum Gasteiger partial charge on any atom is 0.365 e. The van der Waals surface area contributed by atoms with E-state index in [9.17, 15) is 14.4 Å². The number of amides is 1. The molecule has 1 aromatic heterocycles. The highest BCUT2D eigenvalue weighted by Crippen LogP contribution is 2.35. The molecule has 7 aromatic carbocycles. The molecular formula is C62H47N3O10. The van der Waals surface area contributed by atoms with Crippen molar-refractivity contribution < 1.29 is 47.7 Å². The largest absolute Gasteiger partial charge is 0.489 e. The molecule has 0 aliphatic carbocycles. The monoisotopic (exact) mass is 993 g/mol. The van der Waals surface area contributed by atoms with E-state index in [2.05, 4.69) is 10.3 Å². The Labute approximate surface area is 432 Å². The molecule has 8 aromatic rings. The molecule has 0 spiro atoms. The first-order chi connectivity index (χ1) is 36.7. The van der Waals surface area contributed by atoms with E-state index in [-0.39, 0.29) is 64.0 Å². The number of allylic oxidation sites excluding steroid dienone is 2. The zero-order chi connectivity index (χ0) is 51.8. The van der Waals surface area contributed by atoms with Gasteiger partial charge in [0, 0.05) is 36.8 Å². The van der Waals surface area contributed by atoms with E-state index in [0.717, 1.165) is 22.3 Å². The maximum atomic E-state index is 15.3. The summed E-state index contributed by atoms with van der Waals surface area (Å²) in [6.45, 7) is 0.733. The highest BCUT2D eigenvalue weighted by molar-refractivity contribution is 6.20. The summed E-state index contributed by atoms with van der Waals surface area (Å²) in [5.74, 6) is -4.15. The molecule has 0 atom stereocenters. The molecule has 75 heavy (non-hydrogen) atoms. The number of nitrogens with one attached hydrogen (secondary N) is 1. The number of hydrogen-bond donors (Lipinski definition) is 1. The quantitative estimate of drug-likeness (QED) is 0.0465. The van der Waals surface area contributed by atoms with E-state index in [1.54, 1.807) is 60.9 Å². The van der Waals surface area contributed by atoms with Gasteiger partial charge in [-0.15, -0.1) is 0 Å². The van der Waals surface area contributed by atoms with E-state index in [1.165, 1.54) is 48.7 Å². The molecule has 0 saturated carbocycles. The topological polar surface area (TPSA) is 160 Å². The van der Waals surface area contributed by atoms with Crippen LogP contribution in [-0.2, 0) is 35.8 Å². The Bertz CT molecular complexity index is 3400. The van der Waals surface area contributed by atoms with Crippen LogP contribution in [0.15, 0.2) is 242 Å². The lowest BCUT2D eigenvalue weighted by molar-refractivity contribution is 0.0390. The van der Waals surface area contributed by atoms with E-state index in [0.29, 0.717) is 18.9 Å². The molecule has 1 amide bonds. The number of ketones is 1. The van der Waals surface area contributed by atoms with Gasteiger partial charge in [0.1, 0.15) is 42.8 Å². The van der Waals surface area contributed by atoms with Gasteiger partial charge in [0.15, 0.2) is 17.2 Å². The standard InChI is InChI=1S/C62H47N3O10/c66-58(51-28-16-34-63-57(51)62(70)75-60(68)48-26-14-5-15-27-48)56-52(36-50(72-41-45-22-10-3-11-23-45)37-55(56)73-42-46-24-12-4-13-25-46)61(69)74-54-29-17-35-65(38-43-18-6-1-7-19-43)39-53(54)64-59(67)47-30-32-49(33-31-47)71-40-44-20-8-2-9-21-44/h1-37,39H,38,40-42H2,(H,64,67). The van der Waals surface area contributed by atoms with Crippen LogP contribution in [0.25, 0.3) is 0 Å². The maximum absolute atomic E-state index is 15.3. The molecule has 13 nitrogen and oxygen atoms in total. The van der Waals surface area contributed by atoms with Crippen molar-refractivity contribution in [2.45, 2.75) is 26.4 Å². The van der Waals surface area contributed by atoms with Crippen molar-refractivity contribution in [2.75, 3.05) is 0 Å². The van der Waals surface area contributed by atoms with Gasteiger partial charge < -0.3 is 33.9 Å². The Kier molecular flexibility index (Phi) is 16.2. The van der Waals surface area contributed by atoms with Crippen LogP contribution in [-0.4, -0.2) is 39.5 Å². The third-order valence-corrected chi connectivity index (χ3v) is 11.6. The lowest BCUT2D eigenvalue weighted by Gasteiger charge is -2.20. The summed E-state index contributed by atoms with van der Waals surface area (Å²) in [4.78, 5) is 77.4. The van der Waals surface area contributed by atoms with Crippen molar-refractivity contribution in [1.82, 2.24) is 15.2 Å². The molecule has 1 N–H and O–H groups in total. The number of hydrogen-bond acceptors (Lipinski definition) is 12. The molecular weight excluding hydrogens is 947 g/mol. The Morgan fingerprint density at radius 2 is 1.07 bits per heavy atom. The van der Waals surface area contributed by atoms with Crippen molar-refractivity contribution >= 4 is 29.6 Å². The number of carbonyl (C=O) groups excluding carboxylic acids is 5. The molecule has 370 valence electrons.